The number of H-pyrrole nitrogens is 1. The molecule has 14 heavy (non-hydrogen) atoms. The Hall–Kier alpha value is -1.90. The summed E-state index contributed by atoms with van der Waals surface area (Å²) < 4.78 is 0. The molecule has 1 aliphatic heterocycles. The van der Waals surface area contributed by atoms with Gasteiger partial charge >= 0.3 is 0 Å². The van der Waals surface area contributed by atoms with Gasteiger partial charge in [0.1, 0.15) is 0 Å². The molecular weight excluding hydrogens is 174 g/mol. The van der Waals surface area contributed by atoms with Gasteiger partial charge in [-0.1, -0.05) is 12.1 Å². The number of nitrogens with one attached hydrogen (secondary N) is 3. The summed E-state index contributed by atoms with van der Waals surface area (Å²) in [5.41, 5.74) is 2.41. The molecule has 1 aromatic carbocycles. The topological polar surface area (TPSA) is 39.9 Å². The molecule has 3 N–H and O–H groups in total. The van der Waals surface area contributed by atoms with Crippen LogP contribution in [0, 0.1) is 0 Å². The van der Waals surface area contributed by atoms with Gasteiger partial charge in [0.2, 0.25) is 0 Å². The van der Waals surface area contributed by atoms with E-state index in [1.54, 1.807) is 0 Å². The van der Waals surface area contributed by atoms with Crippen molar-refractivity contribution >= 4 is 11.4 Å². The molecule has 2 aromatic rings. The quantitative estimate of drug-likeness (QED) is 0.593. The third kappa shape index (κ3) is 2.07. The van der Waals surface area contributed by atoms with E-state index in [9.17, 15) is 0 Å². The van der Waals surface area contributed by atoms with E-state index in [0.29, 0.717) is 0 Å². The third-order valence-corrected chi connectivity index (χ3v) is 1.98. The lowest BCUT2D eigenvalue weighted by atomic mass is 10.3. The number of benzene rings is 1. The second-order valence-electron chi connectivity index (χ2n) is 2.96. The molecule has 0 unspecified atom stereocenters. The first-order valence-corrected chi connectivity index (χ1v) is 4.61. The van der Waals surface area contributed by atoms with Crippen LogP contribution in [0.4, 0.5) is 11.4 Å². The number of para-hydroxylation sites is 2. The molecule has 0 radical (unpaired) electrons. The molecule has 1 aromatic heterocycles. The van der Waals surface area contributed by atoms with Crippen molar-refractivity contribution in [2.45, 2.75) is 0 Å². The highest BCUT2D eigenvalue weighted by molar-refractivity contribution is 5.72. The van der Waals surface area contributed by atoms with E-state index in [4.69, 9.17) is 0 Å². The van der Waals surface area contributed by atoms with Gasteiger partial charge in [-0.15, -0.1) is 0 Å². The van der Waals surface area contributed by atoms with Crippen LogP contribution in [0.15, 0.2) is 48.8 Å². The Morgan fingerprint density at radius 3 is 1.79 bits per heavy atom. The molecule has 3 rings (SSSR count). The van der Waals surface area contributed by atoms with Crippen LogP contribution >= 0.6 is 0 Å². The van der Waals surface area contributed by atoms with Crippen LogP contribution in [0.5, 0.6) is 0 Å². The van der Waals surface area contributed by atoms with Crippen molar-refractivity contribution < 1.29 is 0 Å². The van der Waals surface area contributed by atoms with Gasteiger partial charge in [0.05, 0.1) is 18.0 Å². The molecule has 1 aliphatic rings. The zero-order valence-electron chi connectivity index (χ0n) is 7.83. The van der Waals surface area contributed by atoms with Gasteiger partial charge in [-0.05, 0) is 24.3 Å². The maximum atomic E-state index is 3.19. The molecular formula is C11H13N3. The second-order valence-corrected chi connectivity index (χ2v) is 2.96. The summed E-state index contributed by atoms with van der Waals surface area (Å²) in [6.45, 7) is 0.860. The maximum Gasteiger partial charge on any atom is 0.0850 e. The number of hydrogen-bond donors (Lipinski definition) is 3. The second kappa shape index (κ2) is 4.37. The molecule has 0 saturated carbocycles. The highest BCUT2D eigenvalue weighted by atomic mass is 15.1. The van der Waals surface area contributed by atoms with E-state index in [2.05, 4.69) is 27.8 Å². The van der Waals surface area contributed by atoms with Crippen molar-refractivity contribution in [2.24, 2.45) is 0 Å². The predicted octanol–water partition coefficient (Wildman–Crippen LogP) is 2.50. The number of rotatable bonds is 0. The average molecular weight is 187 g/mol. The van der Waals surface area contributed by atoms with E-state index in [0.717, 1.165) is 6.67 Å². The molecule has 0 saturated heterocycles. The number of anilines is 2. The van der Waals surface area contributed by atoms with Crippen LogP contribution in [0.1, 0.15) is 0 Å². The largest absolute Gasteiger partial charge is 0.368 e. The summed E-state index contributed by atoms with van der Waals surface area (Å²) in [5.74, 6) is 0. The highest BCUT2D eigenvalue weighted by Gasteiger charge is 2.04. The number of fused-ring (bicyclic) bond motifs is 1. The van der Waals surface area contributed by atoms with Crippen molar-refractivity contribution in [3.8, 4) is 0 Å². The number of aromatic amines is 1. The van der Waals surface area contributed by atoms with Gasteiger partial charge in [0.15, 0.2) is 0 Å². The monoisotopic (exact) mass is 187 g/mol. The van der Waals surface area contributed by atoms with Crippen molar-refractivity contribution in [2.75, 3.05) is 17.3 Å². The Labute approximate surface area is 83.2 Å². The fraction of sp³-hybridized carbons (Fsp3) is 0.0909. The third-order valence-electron chi connectivity index (χ3n) is 1.98. The summed E-state index contributed by atoms with van der Waals surface area (Å²) >= 11 is 0. The minimum atomic E-state index is 0.860. The van der Waals surface area contributed by atoms with Gasteiger partial charge < -0.3 is 15.6 Å². The lowest BCUT2D eigenvalue weighted by Crippen LogP contribution is -1.98. The normalized spacial score (nSPS) is 11.7. The van der Waals surface area contributed by atoms with Crippen LogP contribution in [0.25, 0.3) is 0 Å². The SMILES string of the molecule is c1cc[nH]c1.c1ccc2c(c1)NCN2. The molecule has 2 heterocycles. The minimum absolute atomic E-state index is 0.860. The molecule has 0 aliphatic carbocycles. The Morgan fingerprint density at radius 2 is 1.36 bits per heavy atom. The highest BCUT2D eigenvalue weighted by Crippen LogP contribution is 2.23. The standard InChI is InChI=1S/C7H8N2.C4H5N/c1-2-4-7-6(3-1)8-5-9-7;1-2-4-5-3-1/h1-4,8-9H,5H2;1-5H. The first-order chi connectivity index (χ1) is 6.97. The molecule has 0 amide bonds. The van der Waals surface area contributed by atoms with E-state index in [-0.39, 0.29) is 0 Å². The van der Waals surface area contributed by atoms with Gasteiger partial charge in [-0.3, -0.25) is 0 Å². The molecule has 0 spiro atoms. The summed E-state index contributed by atoms with van der Waals surface area (Å²) in [5, 5.41) is 6.38. The van der Waals surface area contributed by atoms with Crippen LogP contribution in [-0.4, -0.2) is 11.7 Å². The smallest absolute Gasteiger partial charge is 0.0850 e. The zero-order chi connectivity index (χ0) is 9.64. The average Bonchev–Trinajstić information content (AvgIpc) is 2.92. The molecule has 0 atom stereocenters. The van der Waals surface area contributed by atoms with E-state index in [1.807, 2.05) is 36.7 Å². The van der Waals surface area contributed by atoms with Gasteiger partial charge in [0.25, 0.3) is 0 Å². The Morgan fingerprint density at radius 1 is 0.786 bits per heavy atom. The van der Waals surface area contributed by atoms with Crippen LogP contribution in [-0.2, 0) is 0 Å². The van der Waals surface area contributed by atoms with Crippen molar-refractivity contribution in [1.29, 1.82) is 0 Å². The summed E-state index contributed by atoms with van der Waals surface area (Å²) in [6.07, 6.45) is 3.75. The van der Waals surface area contributed by atoms with Crippen molar-refractivity contribution in [3.63, 3.8) is 0 Å². The first-order valence-electron chi connectivity index (χ1n) is 4.61. The Balaban J connectivity index is 0.000000128. The van der Waals surface area contributed by atoms with E-state index >= 15 is 0 Å². The minimum Gasteiger partial charge on any atom is -0.368 e. The van der Waals surface area contributed by atoms with Crippen molar-refractivity contribution in [3.05, 3.63) is 48.8 Å². The van der Waals surface area contributed by atoms with Crippen LogP contribution in [0.3, 0.4) is 0 Å². The zero-order valence-corrected chi connectivity index (χ0v) is 7.83. The lowest BCUT2D eigenvalue weighted by Gasteiger charge is -1.93. The fourth-order valence-electron chi connectivity index (χ4n) is 1.30. The molecule has 3 nitrogen and oxygen atoms in total. The summed E-state index contributed by atoms with van der Waals surface area (Å²) in [6, 6.07) is 12.1. The van der Waals surface area contributed by atoms with E-state index in [1.165, 1.54) is 11.4 Å². The number of hydrogen-bond acceptors (Lipinski definition) is 2. The fourth-order valence-corrected chi connectivity index (χ4v) is 1.30. The Bertz CT molecular complexity index is 328. The summed E-state index contributed by atoms with van der Waals surface area (Å²) in [4.78, 5) is 2.86. The molecule has 72 valence electrons. The molecule has 3 heteroatoms. The summed E-state index contributed by atoms with van der Waals surface area (Å²) in [7, 11) is 0. The maximum absolute atomic E-state index is 3.19. The van der Waals surface area contributed by atoms with Gasteiger partial charge in [-0.25, -0.2) is 0 Å². The van der Waals surface area contributed by atoms with Crippen LogP contribution in [0.2, 0.25) is 0 Å². The Kier molecular flexibility index (Phi) is 2.71. The van der Waals surface area contributed by atoms with Crippen LogP contribution < -0.4 is 10.6 Å². The predicted molar refractivity (Wildman–Crippen MR) is 59.3 cm³/mol. The first kappa shape index (κ1) is 8.69. The molecule has 0 fully saturated rings. The number of aromatic nitrogens is 1. The van der Waals surface area contributed by atoms with Gasteiger partial charge in [-0.2, -0.15) is 0 Å². The van der Waals surface area contributed by atoms with Crippen molar-refractivity contribution in [1.82, 2.24) is 4.98 Å². The van der Waals surface area contributed by atoms with Gasteiger partial charge in [0, 0.05) is 12.4 Å². The molecule has 0 bridgehead atoms. The lowest BCUT2D eigenvalue weighted by molar-refractivity contribution is 1.31. The van der Waals surface area contributed by atoms with E-state index < -0.39 is 0 Å².